The molecule has 0 aromatic heterocycles. The van der Waals surface area contributed by atoms with Crippen LogP contribution in [0, 0.1) is 0 Å². The molecule has 1 aromatic carbocycles. The van der Waals surface area contributed by atoms with Gasteiger partial charge in [-0.2, -0.15) is 0 Å². The van der Waals surface area contributed by atoms with Crippen LogP contribution in [0.3, 0.4) is 0 Å². The molecule has 0 aliphatic carbocycles. The second-order valence-electron chi connectivity index (χ2n) is 5.51. The summed E-state index contributed by atoms with van der Waals surface area (Å²) < 4.78 is 0. The summed E-state index contributed by atoms with van der Waals surface area (Å²) in [7, 11) is 0. The fraction of sp³-hybridized carbons (Fsp3) is 0.588. The van der Waals surface area contributed by atoms with Gasteiger partial charge < -0.3 is 15.7 Å². The Kier molecular flexibility index (Phi) is 7.83. The molecule has 0 spiro atoms. The number of rotatable bonds is 9. The summed E-state index contributed by atoms with van der Waals surface area (Å²) in [5.41, 5.74) is 7.05. The molecular weight excluding hydrogens is 264 g/mol. The van der Waals surface area contributed by atoms with E-state index in [4.69, 9.17) is 5.73 Å². The van der Waals surface area contributed by atoms with Gasteiger partial charge in [0.15, 0.2) is 0 Å². The Hall–Kier alpha value is -1.55. The number of amides is 1. The lowest BCUT2D eigenvalue weighted by molar-refractivity contribution is -0.132. The van der Waals surface area contributed by atoms with Crippen LogP contribution in [0.25, 0.3) is 0 Å². The highest BCUT2D eigenvalue weighted by atomic mass is 16.3. The second kappa shape index (κ2) is 9.40. The first-order chi connectivity index (χ1) is 10.1. The molecule has 0 saturated heterocycles. The molecule has 0 radical (unpaired) electrons. The number of nitrogens with two attached hydrogens (primary N) is 1. The van der Waals surface area contributed by atoms with Crippen LogP contribution in [0.2, 0.25) is 0 Å². The van der Waals surface area contributed by atoms with Crippen LogP contribution in [-0.4, -0.2) is 35.0 Å². The van der Waals surface area contributed by atoms with Crippen molar-refractivity contribution >= 4 is 5.91 Å². The lowest BCUT2D eigenvalue weighted by atomic mass is 10.0. The summed E-state index contributed by atoms with van der Waals surface area (Å²) in [5.74, 6) is 0.260. The van der Waals surface area contributed by atoms with Crippen molar-refractivity contribution in [3.05, 3.63) is 29.8 Å². The summed E-state index contributed by atoms with van der Waals surface area (Å²) in [5, 5.41) is 9.28. The van der Waals surface area contributed by atoms with Gasteiger partial charge in [0.1, 0.15) is 5.75 Å². The third-order valence-corrected chi connectivity index (χ3v) is 3.58. The maximum atomic E-state index is 12.5. The molecule has 4 heteroatoms. The number of carbonyl (C=O) groups excluding carboxylic acids is 1. The molecule has 4 nitrogen and oxygen atoms in total. The van der Waals surface area contributed by atoms with Gasteiger partial charge in [-0.1, -0.05) is 38.8 Å². The van der Waals surface area contributed by atoms with Crippen molar-refractivity contribution in [2.24, 2.45) is 5.73 Å². The SMILES string of the molecule is CCCCN(CCCC)C(=O)[C@@H](N)Cc1ccc(O)cc1. The van der Waals surface area contributed by atoms with Crippen molar-refractivity contribution in [1.82, 2.24) is 4.90 Å². The number of nitrogens with zero attached hydrogens (tertiary/aromatic N) is 1. The Labute approximate surface area is 128 Å². The Bertz CT molecular complexity index is 409. The van der Waals surface area contributed by atoms with E-state index >= 15 is 0 Å². The van der Waals surface area contributed by atoms with E-state index < -0.39 is 6.04 Å². The average Bonchev–Trinajstić information content (AvgIpc) is 2.49. The van der Waals surface area contributed by atoms with E-state index in [0.717, 1.165) is 44.3 Å². The van der Waals surface area contributed by atoms with Gasteiger partial charge in [0.25, 0.3) is 0 Å². The normalized spacial score (nSPS) is 12.1. The van der Waals surface area contributed by atoms with Crippen LogP contribution < -0.4 is 5.73 Å². The van der Waals surface area contributed by atoms with Gasteiger partial charge >= 0.3 is 0 Å². The zero-order valence-corrected chi connectivity index (χ0v) is 13.2. The average molecular weight is 292 g/mol. The van der Waals surface area contributed by atoms with E-state index in [1.165, 1.54) is 0 Å². The maximum absolute atomic E-state index is 12.5. The first kappa shape index (κ1) is 17.5. The fourth-order valence-corrected chi connectivity index (χ4v) is 2.24. The summed E-state index contributed by atoms with van der Waals surface area (Å²) >= 11 is 0. The number of aromatic hydroxyl groups is 1. The van der Waals surface area contributed by atoms with Gasteiger partial charge in [-0.05, 0) is 37.0 Å². The molecule has 0 unspecified atom stereocenters. The summed E-state index contributed by atoms with van der Waals surface area (Å²) in [6, 6.07) is 6.36. The third kappa shape index (κ3) is 6.17. The summed E-state index contributed by atoms with van der Waals surface area (Å²) in [6.07, 6.45) is 4.68. The van der Waals surface area contributed by atoms with Gasteiger partial charge in [0, 0.05) is 13.1 Å². The molecule has 0 saturated carbocycles. The van der Waals surface area contributed by atoms with Crippen LogP contribution in [0.15, 0.2) is 24.3 Å². The molecule has 3 N–H and O–H groups in total. The molecular formula is C17H28N2O2. The van der Waals surface area contributed by atoms with Crippen molar-refractivity contribution in [2.75, 3.05) is 13.1 Å². The highest BCUT2D eigenvalue weighted by Gasteiger charge is 2.20. The van der Waals surface area contributed by atoms with Gasteiger partial charge in [-0.3, -0.25) is 4.79 Å². The zero-order valence-electron chi connectivity index (χ0n) is 13.2. The first-order valence-corrected chi connectivity index (χ1v) is 7.90. The molecule has 1 amide bonds. The standard InChI is InChI=1S/C17H28N2O2/c1-3-5-11-19(12-6-4-2)17(21)16(18)13-14-7-9-15(20)10-8-14/h7-10,16,20H,3-6,11-13,18H2,1-2H3/t16-/m0/s1. The number of hydrogen-bond acceptors (Lipinski definition) is 3. The third-order valence-electron chi connectivity index (χ3n) is 3.58. The Morgan fingerprint density at radius 2 is 1.67 bits per heavy atom. The van der Waals surface area contributed by atoms with E-state index in [1.807, 2.05) is 17.0 Å². The topological polar surface area (TPSA) is 66.6 Å². The second-order valence-corrected chi connectivity index (χ2v) is 5.51. The van der Waals surface area contributed by atoms with E-state index in [2.05, 4.69) is 13.8 Å². The Morgan fingerprint density at radius 3 is 2.14 bits per heavy atom. The first-order valence-electron chi connectivity index (χ1n) is 7.90. The van der Waals surface area contributed by atoms with Crippen LogP contribution >= 0.6 is 0 Å². The van der Waals surface area contributed by atoms with Crippen LogP contribution in [0.1, 0.15) is 45.1 Å². The van der Waals surface area contributed by atoms with E-state index in [9.17, 15) is 9.90 Å². The van der Waals surface area contributed by atoms with E-state index in [-0.39, 0.29) is 11.7 Å². The molecule has 0 aliphatic rings. The van der Waals surface area contributed by atoms with E-state index in [0.29, 0.717) is 6.42 Å². The van der Waals surface area contributed by atoms with Crippen LogP contribution in [-0.2, 0) is 11.2 Å². The van der Waals surface area contributed by atoms with Gasteiger partial charge in [0.2, 0.25) is 5.91 Å². The lowest BCUT2D eigenvalue weighted by Gasteiger charge is -2.25. The molecule has 0 aliphatic heterocycles. The summed E-state index contributed by atoms with van der Waals surface area (Å²) in [4.78, 5) is 14.4. The molecule has 1 atom stereocenters. The van der Waals surface area contributed by atoms with Crippen molar-refractivity contribution in [2.45, 2.75) is 52.0 Å². The number of benzene rings is 1. The minimum absolute atomic E-state index is 0.0324. The number of carbonyl (C=O) groups is 1. The van der Waals surface area contributed by atoms with E-state index in [1.54, 1.807) is 12.1 Å². The van der Waals surface area contributed by atoms with Crippen LogP contribution in [0.4, 0.5) is 0 Å². The molecule has 1 aromatic rings. The lowest BCUT2D eigenvalue weighted by Crippen LogP contribution is -2.45. The van der Waals surface area contributed by atoms with Gasteiger partial charge in [-0.25, -0.2) is 0 Å². The van der Waals surface area contributed by atoms with Crippen molar-refractivity contribution < 1.29 is 9.90 Å². The maximum Gasteiger partial charge on any atom is 0.239 e. The molecule has 118 valence electrons. The molecule has 1 rings (SSSR count). The number of phenols is 1. The monoisotopic (exact) mass is 292 g/mol. The largest absolute Gasteiger partial charge is 0.508 e. The van der Waals surface area contributed by atoms with Crippen molar-refractivity contribution in [3.63, 3.8) is 0 Å². The number of unbranched alkanes of at least 4 members (excludes halogenated alkanes) is 2. The summed E-state index contributed by atoms with van der Waals surface area (Å²) in [6.45, 7) is 5.83. The fourth-order valence-electron chi connectivity index (χ4n) is 2.24. The molecule has 0 fully saturated rings. The molecule has 0 bridgehead atoms. The Balaban J connectivity index is 2.60. The predicted octanol–water partition coefficient (Wildman–Crippen LogP) is 2.69. The zero-order chi connectivity index (χ0) is 15.7. The number of hydrogen-bond donors (Lipinski definition) is 2. The van der Waals surface area contributed by atoms with Crippen LogP contribution in [0.5, 0.6) is 5.75 Å². The molecule has 0 heterocycles. The highest BCUT2D eigenvalue weighted by molar-refractivity contribution is 5.82. The molecule has 21 heavy (non-hydrogen) atoms. The smallest absolute Gasteiger partial charge is 0.239 e. The van der Waals surface area contributed by atoms with Gasteiger partial charge in [-0.15, -0.1) is 0 Å². The van der Waals surface area contributed by atoms with Crippen molar-refractivity contribution in [1.29, 1.82) is 0 Å². The Morgan fingerprint density at radius 1 is 1.14 bits per heavy atom. The van der Waals surface area contributed by atoms with Crippen molar-refractivity contribution in [3.8, 4) is 5.75 Å². The minimum Gasteiger partial charge on any atom is -0.508 e. The highest BCUT2D eigenvalue weighted by Crippen LogP contribution is 2.12. The quantitative estimate of drug-likeness (QED) is 0.735. The minimum atomic E-state index is -0.511. The predicted molar refractivity (Wildman–Crippen MR) is 86.2 cm³/mol. The number of phenolic OH excluding ortho intramolecular Hbond substituents is 1. The van der Waals surface area contributed by atoms with Gasteiger partial charge in [0.05, 0.1) is 6.04 Å².